The summed E-state index contributed by atoms with van der Waals surface area (Å²) in [6.45, 7) is 29.9. The van der Waals surface area contributed by atoms with Gasteiger partial charge in [-0.05, 0) is 213 Å². The first kappa shape index (κ1) is 113. The number of hydrogen-bond acceptors (Lipinski definition) is 24. The lowest BCUT2D eigenvalue weighted by molar-refractivity contribution is -0.253. The van der Waals surface area contributed by atoms with E-state index in [9.17, 15) is 48.3 Å². The van der Waals surface area contributed by atoms with Crippen LogP contribution in [0.5, 0.6) is 0 Å². The fraction of sp³-hybridized carbons (Fsp3) is 0.657. The number of nitrogens with zero attached hydrogens (tertiary/aromatic N) is 14. The maximum atomic E-state index is 13.6. The van der Waals surface area contributed by atoms with Crippen LogP contribution in [0.15, 0.2) is 138 Å². The molecular weight excluding hydrogens is 1870 g/mol. The molecule has 0 bridgehead atoms. The van der Waals surface area contributed by atoms with Gasteiger partial charge >= 0.3 is 24.4 Å². The molecule has 0 aliphatic carbocycles. The monoisotopic (exact) mass is 2020 g/mol. The number of carbonyl (C=O) groups is 9. The minimum absolute atomic E-state index is 0.0327. The third-order valence-electron chi connectivity index (χ3n) is 32.5. The number of carbonyl (C=O) groups excluding carboxylic acids is 9. The normalized spacial score (nSPS) is 32.3. The van der Waals surface area contributed by atoms with Crippen molar-refractivity contribution in [3.8, 4) is 12.3 Å². The summed E-state index contributed by atoms with van der Waals surface area (Å²) in [6, 6.07) is 36.2. The minimum Gasteiger partial charge on any atom is -0.445 e. The maximum Gasteiger partial charge on any atom is 0.408 e. The topological polar surface area (TPSA) is 486 Å². The van der Waals surface area contributed by atoms with E-state index in [0.717, 1.165) is 131 Å². The summed E-state index contributed by atoms with van der Waals surface area (Å²) in [6.07, 6.45) is 20.3. The quantitative estimate of drug-likeness (QED) is 0.00844. The van der Waals surface area contributed by atoms with E-state index >= 15 is 0 Å². The van der Waals surface area contributed by atoms with Gasteiger partial charge in [-0.2, -0.15) is 0 Å². The van der Waals surface area contributed by atoms with Gasteiger partial charge in [0.25, 0.3) is 0 Å². The van der Waals surface area contributed by atoms with E-state index in [1.54, 1.807) is 4.68 Å². The minimum atomic E-state index is -0.722. The van der Waals surface area contributed by atoms with Crippen LogP contribution in [0.1, 0.15) is 227 Å². The number of nitrogens with one attached hydrogen (secondary N) is 4. The Morgan fingerprint density at radius 1 is 0.425 bits per heavy atom. The van der Waals surface area contributed by atoms with E-state index in [0.29, 0.717) is 73.2 Å². The van der Waals surface area contributed by atoms with Gasteiger partial charge in [0.2, 0.25) is 29.5 Å². The molecule has 38 heteroatoms. The molecule has 0 saturated carbocycles. The van der Waals surface area contributed by atoms with E-state index in [1.807, 2.05) is 173 Å². The van der Waals surface area contributed by atoms with Gasteiger partial charge in [0, 0.05) is 133 Å². The van der Waals surface area contributed by atoms with Crippen molar-refractivity contribution in [1.82, 2.24) is 60.8 Å². The van der Waals surface area contributed by atoms with Gasteiger partial charge in [0.05, 0.1) is 31.1 Å². The lowest BCUT2D eigenvalue weighted by Crippen LogP contribution is -2.60. The highest BCUT2D eigenvalue weighted by Crippen LogP contribution is 2.44. The lowest BCUT2D eigenvalue weighted by atomic mass is 9.78. The second kappa shape index (κ2) is 54.9. The molecule has 8 N–H and O–H groups in total. The van der Waals surface area contributed by atoms with Crippen LogP contribution in [-0.4, -0.2) is 252 Å². The number of ether oxygens (including phenoxy) is 8. The summed E-state index contributed by atoms with van der Waals surface area (Å²) >= 11 is 0. The zero-order chi connectivity index (χ0) is 105. The zero-order valence-electron chi connectivity index (χ0n) is 87.0. The van der Waals surface area contributed by atoms with E-state index in [2.05, 4.69) is 127 Å². The number of aromatic nitrogens is 3. The van der Waals surface area contributed by atoms with Gasteiger partial charge in [0.1, 0.15) is 62.9 Å². The van der Waals surface area contributed by atoms with Gasteiger partial charge in [-0.3, -0.25) is 28.7 Å². The second-order valence-corrected chi connectivity index (χ2v) is 41.9. The third kappa shape index (κ3) is 29.3. The number of amides is 9. The molecule has 9 amide bonds. The van der Waals surface area contributed by atoms with Crippen LogP contribution in [0.3, 0.4) is 0 Å². The van der Waals surface area contributed by atoms with Crippen LogP contribution in [0, 0.1) is 77.4 Å². The van der Waals surface area contributed by atoms with Gasteiger partial charge in [-0.1, -0.05) is 198 Å². The Balaban J connectivity index is 0.000000161. The number of rotatable bonds is 27. The fourth-order valence-corrected chi connectivity index (χ4v) is 23.6. The van der Waals surface area contributed by atoms with Crippen molar-refractivity contribution < 1.29 is 91.3 Å². The van der Waals surface area contributed by atoms with Crippen molar-refractivity contribution in [1.29, 1.82) is 0 Å². The molecule has 796 valence electrons. The summed E-state index contributed by atoms with van der Waals surface area (Å²) in [7, 11) is 0. The fourth-order valence-electron chi connectivity index (χ4n) is 23.6. The highest BCUT2D eigenvalue weighted by molar-refractivity contribution is 5.90. The number of terminal acetylenes is 1. The van der Waals surface area contributed by atoms with Crippen LogP contribution >= 0.6 is 0 Å². The zero-order valence-corrected chi connectivity index (χ0v) is 87.0. The highest BCUT2D eigenvalue weighted by atomic mass is 16.7. The molecule has 0 spiro atoms. The van der Waals surface area contributed by atoms with Gasteiger partial charge in [-0.15, -0.1) is 11.5 Å². The number of benzene rings is 4. The summed E-state index contributed by atoms with van der Waals surface area (Å²) in [5, 5.41) is 45.6. The van der Waals surface area contributed by atoms with E-state index < -0.39 is 54.6 Å². The molecule has 146 heavy (non-hydrogen) atoms. The number of hydrogen-bond donors (Lipinski definition) is 7. The average molecular weight is 2020 g/mol. The molecule has 38 nitrogen and oxygen atoms in total. The molecular formula is C108H155N19O19. The molecule has 0 radical (unpaired) electrons. The van der Waals surface area contributed by atoms with Crippen LogP contribution in [0.2, 0.25) is 0 Å². The van der Waals surface area contributed by atoms with Gasteiger partial charge < -0.3 is 99.6 Å². The Bertz CT molecular complexity index is 5070. The van der Waals surface area contributed by atoms with Crippen LogP contribution in [-0.2, 0) is 101 Å². The molecule has 12 fully saturated rings. The summed E-state index contributed by atoms with van der Waals surface area (Å²) in [5.74, 6) is 4.19. The first-order valence-corrected chi connectivity index (χ1v) is 52.7. The Hall–Kier alpha value is -11.7. The Morgan fingerprint density at radius 3 is 1.05 bits per heavy atom. The van der Waals surface area contributed by atoms with Gasteiger partial charge in [0.15, 0.2) is 12.6 Å². The van der Waals surface area contributed by atoms with Crippen molar-refractivity contribution in [3.63, 3.8) is 0 Å². The number of azide groups is 2. The predicted molar refractivity (Wildman–Crippen MR) is 544 cm³/mol. The highest BCUT2D eigenvalue weighted by Gasteiger charge is 2.53. The number of alkyl carbamates (subject to hydrolysis) is 4. The molecule has 12 saturated heterocycles. The molecule has 25 unspecified atom stereocenters. The third-order valence-corrected chi connectivity index (χ3v) is 32.5. The van der Waals surface area contributed by atoms with E-state index in [4.69, 9.17) is 66.2 Å². The van der Waals surface area contributed by atoms with Crippen molar-refractivity contribution in [3.05, 3.63) is 176 Å². The van der Waals surface area contributed by atoms with Crippen molar-refractivity contribution in [2.75, 3.05) is 32.9 Å². The molecule has 12 aliphatic heterocycles. The van der Waals surface area contributed by atoms with Crippen LogP contribution in [0.4, 0.5) is 19.2 Å². The number of piperidine rings is 5. The first-order valence-electron chi connectivity index (χ1n) is 52.7. The Kier molecular flexibility index (Phi) is 42.5. The SMILES string of the molecule is C#CCOC1OC(CC)C(C)C(C)C1C.CCC1OC(OCc2cn(CC3CC4CC[C@@H](C)N4C(=O)C3NC(=O)OCc3ccccc3)nn2)C(C)C(C)C1C.C[C@@H]1CCC2CC(CN=[N+]=[N-])C(NC(=O)OCc3ccccc3)C(=O)N21.C[C@@H]1CCC2CC(CN=[N+]=[N-])C(NC(=O)OCc3ccccc3)C(=O)N21.C[C@@H]1CCC2CC(CO)C(N)C(=O)N21.C[C@@H]1CCC2CC(CO)C(NC(=O)OCc3ccccc3)C(=O)N21. The van der Waals surface area contributed by atoms with Crippen LogP contribution in [0.25, 0.3) is 20.9 Å². The van der Waals surface area contributed by atoms with Crippen molar-refractivity contribution in [2.45, 2.75) is 354 Å². The smallest absolute Gasteiger partial charge is 0.408 e. The molecule has 30 atom stereocenters. The van der Waals surface area contributed by atoms with Crippen LogP contribution < -0.4 is 27.0 Å². The second-order valence-electron chi connectivity index (χ2n) is 41.9. The van der Waals surface area contributed by atoms with Gasteiger partial charge in [-0.25, -0.2) is 19.2 Å². The molecule has 13 heterocycles. The molecule has 1 aromatic heterocycles. The largest absolute Gasteiger partial charge is 0.445 e. The van der Waals surface area contributed by atoms with E-state index in [-0.39, 0.29) is 185 Å². The standard InChI is InChI=1S/C31H45N5O5.2C18H23N5O3.C18H24N2O4.C13H22O2.C10H18N2O2/c1-6-27-21(4)20(3)22(5)30(41-27)39-18-25-16-35(34-33-25)15-24-14-26-13-12-19(2)36(26)29(37)28(24)32-31(38)40-17-23-10-8-7-9-11-23;2*1-12-7-8-15-9-14(10-20-22-19)16(17(24)23(12)15)21-18(25)26-11-13-5-3-2-4-6-13;1-12-7-8-15-9-14(10-21)16(17(22)20(12)15)19-18(23)24-11-13-5-3-2-4-6-13;1-6-8-14-13-11(5)9(3)10(4)12(7-2)15-13;1-6-2-3-8-4-7(5-13)9(11)10(14)12(6)8/h7-11,16,19-22,24,26-28,30H,6,12-15,17-18H2,1-5H3,(H,32,38);2*2-6,12,14-16H,7-11H2,1H3,(H,21,25);2-6,12,14-16,21H,7-11H2,1H3,(H,19,23);1,9-13H,7-8H2,2-5H3;6-9,13H,2-5,11H2,1H3/t19-,20?,21?,22?,24?,26?,27?,28?,30?;3*12-,14?,15?,16?;;6-,7?,8?,9?/m1111.1/s1. The van der Waals surface area contributed by atoms with Crippen molar-refractivity contribution in [2.24, 2.45) is 81.1 Å². The lowest BCUT2D eigenvalue weighted by Gasteiger charge is -2.43. The average Bonchev–Trinajstić information content (AvgIpc) is 1.63. The molecule has 17 rings (SSSR count). The Labute approximate surface area is 858 Å². The molecule has 4 aromatic carbocycles. The summed E-state index contributed by atoms with van der Waals surface area (Å²) in [4.78, 5) is 128. The molecule has 12 aliphatic rings. The maximum absolute atomic E-state index is 13.6. The molecule has 5 aromatic rings. The number of aliphatic hydroxyl groups excluding tert-OH is 2. The number of aliphatic hydroxyl groups is 2. The predicted octanol–water partition coefficient (Wildman–Crippen LogP) is 14.6. The number of fused-ring (bicyclic) bond motifs is 5. The Morgan fingerprint density at radius 2 is 0.726 bits per heavy atom. The first-order chi connectivity index (χ1) is 70.3. The number of nitrogens with two attached hydrogens (primary N) is 1. The van der Waals surface area contributed by atoms with Crippen molar-refractivity contribution >= 4 is 53.9 Å². The summed E-state index contributed by atoms with van der Waals surface area (Å²) in [5.41, 5.74) is 27.3. The van der Waals surface area contributed by atoms with E-state index in [1.165, 1.54) is 0 Å². The summed E-state index contributed by atoms with van der Waals surface area (Å²) < 4.78 is 46.8.